The number of pyridine rings is 1. The van der Waals surface area contributed by atoms with E-state index in [1.807, 2.05) is 17.0 Å². The largest absolute Gasteiger partial charge is 0.406 e. The number of piperazine rings is 1. The number of halogens is 3. The average Bonchev–Trinajstić information content (AvgIpc) is 2.88. The van der Waals surface area contributed by atoms with Crippen LogP contribution in [0.1, 0.15) is 6.42 Å². The fraction of sp³-hybridized carbons (Fsp3) is 0.600. The van der Waals surface area contributed by atoms with E-state index in [9.17, 15) is 18.0 Å². The fourth-order valence-corrected chi connectivity index (χ4v) is 3.28. The lowest BCUT2D eigenvalue weighted by Gasteiger charge is -2.38. The lowest BCUT2D eigenvalue weighted by Crippen LogP contribution is -2.53. The topological polar surface area (TPSA) is 39.7 Å². The van der Waals surface area contributed by atoms with Gasteiger partial charge in [0.1, 0.15) is 6.54 Å². The third-order valence-corrected chi connectivity index (χ3v) is 4.42. The Labute approximate surface area is 132 Å². The molecule has 23 heavy (non-hydrogen) atoms. The van der Waals surface area contributed by atoms with E-state index in [1.54, 1.807) is 12.4 Å². The number of carbonyl (C=O) groups excluding carboxylic acids is 1. The van der Waals surface area contributed by atoms with Gasteiger partial charge < -0.3 is 9.80 Å². The monoisotopic (exact) mass is 328 g/mol. The minimum atomic E-state index is -4.33. The standard InChI is InChI=1S/C15H19F3N4O/c16-15(17,18)11-22-6-3-13(14(22)23)21-9-7-20(8-10-21)12-1-4-19-5-2-12/h1-2,4-5,13H,3,6-11H2/t13-/m1/s1. The van der Waals surface area contributed by atoms with Gasteiger partial charge in [-0.05, 0) is 18.6 Å². The van der Waals surface area contributed by atoms with Crippen LogP contribution in [0.5, 0.6) is 0 Å². The summed E-state index contributed by atoms with van der Waals surface area (Å²) in [5.74, 6) is -0.389. The number of hydrogen-bond donors (Lipinski definition) is 0. The molecule has 0 bridgehead atoms. The molecule has 0 spiro atoms. The van der Waals surface area contributed by atoms with Crippen molar-refractivity contribution in [1.29, 1.82) is 0 Å². The maximum atomic E-state index is 12.5. The molecule has 8 heteroatoms. The first-order chi connectivity index (χ1) is 10.9. The molecule has 5 nitrogen and oxygen atoms in total. The van der Waals surface area contributed by atoms with E-state index in [1.165, 1.54) is 0 Å². The van der Waals surface area contributed by atoms with Crippen LogP contribution in [0.25, 0.3) is 0 Å². The number of nitrogens with zero attached hydrogens (tertiary/aromatic N) is 4. The van der Waals surface area contributed by atoms with Crippen LogP contribution in [0.3, 0.4) is 0 Å². The maximum absolute atomic E-state index is 12.5. The number of carbonyl (C=O) groups is 1. The zero-order chi connectivity index (χ0) is 16.4. The Morgan fingerprint density at radius 2 is 1.74 bits per heavy atom. The van der Waals surface area contributed by atoms with Crippen molar-refractivity contribution in [3.63, 3.8) is 0 Å². The van der Waals surface area contributed by atoms with Crippen LogP contribution in [0.15, 0.2) is 24.5 Å². The molecule has 3 heterocycles. The van der Waals surface area contributed by atoms with E-state index in [-0.39, 0.29) is 12.5 Å². The highest BCUT2D eigenvalue weighted by Gasteiger charge is 2.41. The van der Waals surface area contributed by atoms with E-state index < -0.39 is 18.8 Å². The number of rotatable bonds is 3. The zero-order valence-electron chi connectivity index (χ0n) is 12.7. The first-order valence-electron chi connectivity index (χ1n) is 7.68. The van der Waals surface area contributed by atoms with Crippen molar-refractivity contribution in [3.05, 3.63) is 24.5 Å². The summed E-state index contributed by atoms with van der Waals surface area (Å²) in [6.45, 7) is 1.92. The second-order valence-electron chi connectivity index (χ2n) is 5.91. The molecule has 1 amide bonds. The van der Waals surface area contributed by atoms with Gasteiger partial charge in [-0.2, -0.15) is 13.2 Å². The molecule has 0 aromatic carbocycles. The van der Waals surface area contributed by atoms with Gasteiger partial charge in [0.2, 0.25) is 5.91 Å². The van der Waals surface area contributed by atoms with Gasteiger partial charge >= 0.3 is 6.18 Å². The minimum absolute atomic E-state index is 0.188. The Morgan fingerprint density at radius 1 is 1.09 bits per heavy atom. The summed E-state index contributed by atoms with van der Waals surface area (Å²) >= 11 is 0. The van der Waals surface area contributed by atoms with Gasteiger partial charge in [0.05, 0.1) is 6.04 Å². The van der Waals surface area contributed by atoms with Crippen molar-refractivity contribution < 1.29 is 18.0 Å². The van der Waals surface area contributed by atoms with Crippen LogP contribution >= 0.6 is 0 Å². The number of anilines is 1. The Balaban J connectivity index is 1.55. The lowest BCUT2D eigenvalue weighted by molar-refractivity contribution is -0.159. The summed E-state index contributed by atoms with van der Waals surface area (Å²) in [6.07, 6.45) is -0.386. The van der Waals surface area contributed by atoms with Gasteiger partial charge in [-0.15, -0.1) is 0 Å². The van der Waals surface area contributed by atoms with E-state index in [4.69, 9.17) is 0 Å². The third-order valence-electron chi connectivity index (χ3n) is 4.42. The molecule has 0 aliphatic carbocycles. The second-order valence-corrected chi connectivity index (χ2v) is 5.91. The molecule has 3 rings (SSSR count). The lowest BCUT2D eigenvalue weighted by atomic mass is 10.1. The fourth-order valence-electron chi connectivity index (χ4n) is 3.28. The van der Waals surface area contributed by atoms with Crippen LogP contribution in [0, 0.1) is 0 Å². The zero-order valence-corrected chi connectivity index (χ0v) is 12.7. The van der Waals surface area contributed by atoms with Crippen molar-refractivity contribution in [2.45, 2.75) is 18.6 Å². The average molecular weight is 328 g/mol. The number of aromatic nitrogens is 1. The van der Waals surface area contributed by atoms with E-state index in [0.717, 1.165) is 23.7 Å². The van der Waals surface area contributed by atoms with Crippen LogP contribution in [-0.4, -0.2) is 72.2 Å². The van der Waals surface area contributed by atoms with Crippen LogP contribution in [0.4, 0.5) is 18.9 Å². The Morgan fingerprint density at radius 3 is 2.35 bits per heavy atom. The van der Waals surface area contributed by atoms with Crippen molar-refractivity contribution in [3.8, 4) is 0 Å². The molecule has 126 valence electrons. The maximum Gasteiger partial charge on any atom is 0.406 e. The smallest absolute Gasteiger partial charge is 0.369 e. The number of hydrogen-bond acceptors (Lipinski definition) is 4. The predicted octanol–water partition coefficient (Wildman–Crippen LogP) is 1.37. The molecular formula is C15H19F3N4O. The van der Waals surface area contributed by atoms with Crippen molar-refractivity contribution >= 4 is 11.6 Å². The van der Waals surface area contributed by atoms with Gasteiger partial charge in [-0.1, -0.05) is 0 Å². The molecule has 1 aromatic rings. The normalized spacial score (nSPS) is 23.6. The van der Waals surface area contributed by atoms with Crippen molar-refractivity contribution in [2.24, 2.45) is 0 Å². The number of likely N-dealkylation sites (tertiary alicyclic amines) is 1. The second kappa shape index (κ2) is 6.35. The van der Waals surface area contributed by atoms with Crippen molar-refractivity contribution in [1.82, 2.24) is 14.8 Å². The van der Waals surface area contributed by atoms with E-state index >= 15 is 0 Å². The third kappa shape index (κ3) is 3.74. The molecule has 0 saturated carbocycles. The summed E-state index contributed by atoms with van der Waals surface area (Å²) in [6, 6.07) is 3.46. The molecule has 1 aromatic heterocycles. The molecule has 0 radical (unpaired) electrons. The molecule has 0 unspecified atom stereocenters. The van der Waals surface area contributed by atoms with Gasteiger partial charge in [-0.3, -0.25) is 14.7 Å². The highest BCUT2D eigenvalue weighted by molar-refractivity contribution is 5.84. The van der Waals surface area contributed by atoms with Gasteiger partial charge in [0.25, 0.3) is 0 Å². The first kappa shape index (κ1) is 16.0. The summed E-state index contributed by atoms with van der Waals surface area (Å²) in [7, 11) is 0. The molecule has 2 aliphatic rings. The van der Waals surface area contributed by atoms with E-state index in [2.05, 4.69) is 9.88 Å². The van der Waals surface area contributed by atoms with Gasteiger partial charge in [0.15, 0.2) is 0 Å². The SMILES string of the molecule is O=C1[C@H](N2CCN(c3ccncc3)CC2)CCN1CC(F)(F)F. The highest BCUT2D eigenvalue weighted by atomic mass is 19.4. The van der Waals surface area contributed by atoms with E-state index in [0.29, 0.717) is 19.5 Å². The summed E-state index contributed by atoms with van der Waals surface area (Å²) in [4.78, 5) is 21.3. The molecule has 0 N–H and O–H groups in total. The Kier molecular flexibility index (Phi) is 4.43. The van der Waals surface area contributed by atoms with Crippen LogP contribution < -0.4 is 4.90 Å². The highest BCUT2D eigenvalue weighted by Crippen LogP contribution is 2.25. The molecule has 2 aliphatic heterocycles. The van der Waals surface area contributed by atoms with Gasteiger partial charge in [-0.25, -0.2) is 0 Å². The molecule has 2 saturated heterocycles. The number of alkyl halides is 3. The summed E-state index contributed by atoms with van der Waals surface area (Å²) < 4.78 is 37.4. The Bertz CT molecular complexity index is 543. The van der Waals surface area contributed by atoms with Crippen LogP contribution in [-0.2, 0) is 4.79 Å². The number of amides is 1. The van der Waals surface area contributed by atoms with Gasteiger partial charge in [0, 0.05) is 50.8 Å². The summed E-state index contributed by atoms with van der Waals surface area (Å²) in [5, 5.41) is 0. The molecular weight excluding hydrogens is 309 g/mol. The molecule has 1 atom stereocenters. The predicted molar refractivity (Wildman–Crippen MR) is 79.1 cm³/mol. The Hall–Kier alpha value is -1.83. The van der Waals surface area contributed by atoms with Crippen LogP contribution in [0.2, 0.25) is 0 Å². The van der Waals surface area contributed by atoms with Crippen molar-refractivity contribution in [2.75, 3.05) is 44.2 Å². The molecule has 2 fully saturated rings. The first-order valence-corrected chi connectivity index (χ1v) is 7.68. The quantitative estimate of drug-likeness (QED) is 0.840. The minimum Gasteiger partial charge on any atom is -0.369 e. The summed E-state index contributed by atoms with van der Waals surface area (Å²) in [5.41, 5.74) is 1.08.